The van der Waals surface area contributed by atoms with Crippen molar-refractivity contribution < 1.29 is 9.47 Å². The van der Waals surface area contributed by atoms with E-state index in [1.165, 1.54) is 10.3 Å². The van der Waals surface area contributed by atoms with Crippen molar-refractivity contribution >= 4 is 33.0 Å². The summed E-state index contributed by atoms with van der Waals surface area (Å²) < 4.78 is 13.1. The number of hydrogen-bond donors (Lipinski definition) is 0. The van der Waals surface area contributed by atoms with E-state index >= 15 is 0 Å². The van der Waals surface area contributed by atoms with Gasteiger partial charge in [-0.3, -0.25) is 0 Å². The van der Waals surface area contributed by atoms with Gasteiger partial charge in [-0.1, -0.05) is 36.7 Å². The molecule has 150 valence electrons. The normalized spacial score (nSPS) is 10.7. The molecule has 4 rings (SSSR count). The highest BCUT2D eigenvalue weighted by Crippen LogP contribution is 2.34. The number of rotatable bonds is 7. The zero-order valence-electron chi connectivity index (χ0n) is 16.4. The fraction of sp³-hybridized carbons (Fsp3) is 0.167. The van der Waals surface area contributed by atoms with E-state index in [-0.39, 0.29) is 0 Å². The van der Waals surface area contributed by atoms with Crippen LogP contribution >= 0.6 is 22.9 Å². The number of aromatic nitrogens is 1. The molecule has 6 heteroatoms. The molecule has 0 radical (unpaired) electrons. The number of halogens is 1. The van der Waals surface area contributed by atoms with Crippen molar-refractivity contribution in [3.05, 3.63) is 87.5 Å². The molecule has 0 atom stereocenters. The number of nitriles is 1. The second-order valence-electron chi connectivity index (χ2n) is 6.76. The standard InChI is InChI=1S/C24H19ClN2O2S/c1-2-18-12-27-24(25)22-19(15-30-23(18)22)14-29-21-8-4-7-20(10-21)28-13-17-6-3-5-16(9-17)11-26/h3-10,12,15H,2,13-14H2,1H3. The Morgan fingerprint density at radius 2 is 1.80 bits per heavy atom. The van der Waals surface area contributed by atoms with Gasteiger partial charge in [0.2, 0.25) is 0 Å². The quantitative estimate of drug-likeness (QED) is 0.310. The molecule has 0 unspecified atom stereocenters. The zero-order chi connectivity index (χ0) is 20.9. The second kappa shape index (κ2) is 9.17. The molecule has 30 heavy (non-hydrogen) atoms. The fourth-order valence-electron chi connectivity index (χ4n) is 3.18. The van der Waals surface area contributed by atoms with Crippen molar-refractivity contribution in [2.24, 2.45) is 0 Å². The van der Waals surface area contributed by atoms with Crippen LogP contribution in [0.1, 0.15) is 29.2 Å². The highest BCUT2D eigenvalue weighted by molar-refractivity contribution is 7.17. The summed E-state index contributed by atoms with van der Waals surface area (Å²) in [5.41, 5.74) is 3.79. The molecule has 0 spiro atoms. The monoisotopic (exact) mass is 434 g/mol. The lowest BCUT2D eigenvalue weighted by molar-refractivity contribution is 0.291. The van der Waals surface area contributed by atoms with Crippen molar-refractivity contribution in [1.29, 1.82) is 5.26 Å². The number of fused-ring (bicyclic) bond motifs is 1. The minimum absolute atomic E-state index is 0.384. The van der Waals surface area contributed by atoms with E-state index in [1.54, 1.807) is 17.4 Å². The second-order valence-corrected chi connectivity index (χ2v) is 7.99. The van der Waals surface area contributed by atoms with E-state index in [0.29, 0.717) is 35.4 Å². The lowest BCUT2D eigenvalue weighted by Gasteiger charge is -2.10. The molecule has 4 aromatic rings. The molecule has 0 aliphatic heterocycles. The molecule has 0 aliphatic rings. The third kappa shape index (κ3) is 4.40. The van der Waals surface area contributed by atoms with Crippen LogP contribution < -0.4 is 9.47 Å². The van der Waals surface area contributed by atoms with Gasteiger partial charge in [0.15, 0.2) is 0 Å². The Morgan fingerprint density at radius 3 is 2.57 bits per heavy atom. The van der Waals surface area contributed by atoms with E-state index in [4.69, 9.17) is 26.3 Å². The van der Waals surface area contributed by atoms with Gasteiger partial charge in [0.05, 0.1) is 11.6 Å². The molecule has 4 nitrogen and oxygen atoms in total. The van der Waals surface area contributed by atoms with Gasteiger partial charge in [0.1, 0.15) is 29.9 Å². The Bertz CT molecular complexity index is 1230. The highest BCUT2D eigenvalue weighted by Gasteiger charge is 2.13. The van der Waals surface area contributed by atoms with Crippen LogP contribution in [0.3, 0.4) is 0 Å². The van der Waals surface area contributed by atoms with Crippen LogP contribution in [0.15, 0.2) is 60.1 Å². The smallest absolute Gasteiger partial charge is 0.138 e. The van der Waals surface area contributed by atoms with Gasteiger partial charge >= 0.3 is 0 Å². The van der Waals surface area contributed by atoms with Crippen molar-refractivity contribution in [2.45, 2.75) is 26.6 Å². The van der Waals surface area contributed by atoms with Gasteiger partial charge < -0.3 is 9.47 Å². The summed E-state index contributed by atoms with van der Waals surface area (Å²) in [5, 5.41) is 12.6. The minimum Gasteiger partial charge on any atom is -0.489 e. The number of benzene rings is 2. The summed E-state index contributed by atoms with van der Waals surface area (Å²) in [6.07, 6.45) is 2.76. The van der Waals surface area contributed by atoms with E-state index in [0.717, 1.165) is 22.9 Å². The molecule has 0 bridgehead atoms. The van der Waals surface area contributed by atoms with Crippen LogP contribution in [-0.4, -0.2) is 4.98 Å². The van der Waals surface area contributed by atoms with Crippen LogP contribution in [0.5, 0.6) is 11.5 Å². The van der Waals surface area contributed by atoms with Crippen molar-refractivity contribution in [1.82, 2.24) is 4.98 Å². The maximum atomic E-state index is 9.01. The molecule has 0 aliphatic carbocycles. The molecule has 0 saturated heterocycles. The predicted octanol–water partition coefficient (Wildman–Crippen LogP) is 6.54. The molecule has 0 fully saturated rings. The predicted molar refractivity (Wildman–Crippen MR) is 120 cm³/mol. The summed E-state index contributed by atoms with van der Waals surface area (Å²) in [5.74, 6) is 1.42. The largest absolute Gasteiger partial charge is 0.489 e. The number of hydrogen-bond acceptors (Lipinski definition) is 5. The van der Waals surface area contributed by atoms with Crippen LogP contribution in [0.25, 0.3) is 10.1 Å². The SMILES string of the molecule is CCc1cnc(Cl)c2c(COc3cccc(OCc4cccc(C#N)c4)c3)csc12. The van der Waals surface area contributed by atoms with Crippen LogP contribution in [0.2, 0.25) is 5.15 Å². The topological polar surface area (TPSA) is 55.1 Å². The van der Waals surface area contributed by atoms with Gasteiger partial charge in [-0.2, -0.15) is 5.26 Å². The van der Waals surface area contributed by atoms with Crippen LogP contribution in [0.4, 0.5) is 0 Å². The van der Waals surface area contributed by atoms with E-state index < -0.39 is 0 Å². The fourth-order valence-corrected chi connectivity index (χ4v) is 4.64. The number of pyridine rings is 1. The number of thiophene rings is 1. The van der Waals surface area contributed by atoms with Gasteiger partial charge in [-0.15, -0.1) is 11.3 Å². The molecule has 0 amide bonds. The van der Waals surface area contributed by atoms with E-state index in [1.807, 2.05) is 48.7 Å². The Hall–Kier alpha value is -3.07. The van der Waals surface area contributed by atoms with Crippen molar-refractivity contribution in [3.8, 4) is 17.6 Å². The maximum Gasteiger partial charge on any atom is 0.138 e. The highest BCUT2D eigenvalue weighted by atomic mass is 35.5. The summed E-state index contributed by atoms with van der Waals surface area (Å²) in [6.45, 7) is 2.90. The molecular formula is C24H19ClN2O2S. The first-order valence-corrected chi connectivity index (χ1v) is 10.8. The molecule has 2 heterocycles. The van der Waals surface area contributed by atoms with Gasteiger partial charge in [0, 0.05) is 27.9 Å². The summed E-state index contributed by atoms with van der Waals surface area (Å²) in [4.78, 5) is 4.32. The van der Waals surface area contributed by atoms with Crippen LogP contribution in [-0.2, 0) is 19.6 Å². The molecular weight excluding hydrogens is 416 g/mol. The lowest BCUT2D eigenvalue weighted by Crippen LogP contribution is -1.98. The summed E-state index contributed by atoms with van der Waals surface area (Å²) in [6, 6.07) is 17.1. The van der Waals surface area contributed by atoms with Gasteiger partial charge in [-0.05, 0) is 47.2 Å². The Labute approximate surface area is 184 Å². The maximum absolute atomic E-state index is 9.01. The summed E-state index contributed by atoms with van der Waals surface area (Å²) >= 11 is 8.03. The Kier molecular flexibility index (Phi) is 6.18. The third-order valence-electron chi connectivity index (χ3n) is 4.74. The molecule has 0 saturated carbocycles. The lowest BCUT2D eigenvalue weighted by atomic mass is 10.1. The minimum atomic E-state index is 0.384. The first-order valence-electron chi connectivity index (χ1n) is 9.56. The number of nitrogens with zero attached hydrogens (tertiary/aromatic N) is 2. The Balaban J connectivity index is 1.45. The van der Waals surface area contributed by atoms with E-state index in [9.17, 15) is 0 Å². The Morgan fingerprint density at radius 1 is 1.03 bits per heavy atom. The van der Waals surface area contributed by atoms with Crippen LogP contribution in [0, 0.1) is 11.3 Å². The number of aryl methyl sites for hydroxylation is 1. The number of ether oxygens (including phenoxy) is 2. The average Bonchev–Trinajstić information content (AvgIpc) is 3.22. The molecule has 2 aromatic heterocycles. The third-order valence-corrected chi connectivity index (χ3v) is 6.13. The average molecular weight is 435 g/mol. The zero-order valence-corrected chi connectivity index (χ0v) is 18.0. The van der Waals surface area contributed by atoms with E-state index in [2.05, 4.69) is 23.4 Å². The molecule has 0 N–H and O–H groups in total. The summed E-state index contributed by atoms with van der Waals surface area (Å²) in [7, 11) is 0. The molecule has 2 aromatic carbocycles. The van der Waals surface area contributed by atoms with Gasteiger partial charge in [-0.25, -0.2) is 4.98 Å². The van der Waals surface area contributed by atoms with Gasteiger partial charge in [0.25, 0.3) is 0 Å². The first kappa shape index (κ1) is 20.2. The van der Waals surface area contributed by atoms with Crippen molar-refractivity contribution in [2.75, 3.05) is 0 Å². The first-order chi connectivity index (χ1) is 14.7. The van der Waals surface area contributed by atoms with Crippen molar-refractivity contribution in [3.63, 3.8) is 0 Å².